The van der Waals surface area contributed by atoms with E-state index in [2.05, 4.69) is 9.80 Å². The van der Waals surface area contributed by atoms with Gasteiger partial charge in [-0.25, -0.2) is 0 Å². The Bertz CT molecular complexity index is 2190. The summed E-state index contributed by atoms with van der Waals surface area (Å²) in [4.78, 5) is 6.35. The number of rotatable bonds is 3. The molecule has 0 amide bonds. The highest BCUT2D eigenvalue weighted by molar-refractivity contribution is 6.24. The van der Waals surface area contributed by atoms with Gasteiger partial charge in [-0.3, -0.25) is 0 Å². The first-order valence-corrected chi connectivity index (χ1v) is 15.5. The van der Waals surface area contributed by atoms with Crippen LogP contribution in [0.1, 0.15) is 23.0 Å². The van der Waals surface area contributed by atoms with E-state index in [0.717, 1.165) is 49.4 Å². The van der Waals surface area contributed by atoms with Gasteiger partial charge in [0.2, 0.25) is 0 Å². The summed E-state index contributed by atoms with van der Waals surface area (Å²) in [5.74, 6) is -1.78. The summed E-state index contributed by atoms with van der Waals surface area (Å²) < 4.78 is 0. The summed E-state index contributed by atoms with van der Waals surface area (Å²) in [5.41, 5.74) is 33.1. The molecule has 0 saturated heterocycles. The van der Waals surface area contributed by atoms with Gasteiger partial charge in [0.1, 0.15) is 0 Å². The molecule has 1 aliphatic heterocycles. The lowest BCUT2D eigenvalue weighted by Crippen LogP contribution is -2.63. The van der Waals surface area contributed by atoms with Gasteiger partial charge in [-0.1, -0.05) is 36.4 Å². The van der Waals surface area contributed by atoms with Crippen LogP contribution in [0.25, 0.3) is 43.1 Å². The maximum atomic E-state index is 14.9. The Labute approximate surface area is 267 Å². The molecule has 1 aliphatic carbocycles. The van der Waals surface area contributed by atoms with E-state index < -0.39 is 24.0 Å². The fraction of sp³-hybridized carbons (Fsp3) is 0.243. The van der Waals surface area contributed by atoms with E-state index in [9.17, 15) is 10.2 Å². The minimum atomic E-state index is -1.29. The largest absolute Gasteiger partial charge is 0.851 e. The van der Waals surface area contributed by atoms with Crippen molar-refractivity contribution >= 4 is 82.9 Å². The molecule has 1 saturated carbocycles. The van der Waals surface area contributed by atoms with Crippen molar-refractivity contribution in [3.8, 4) is 0 Å². The fourth-order valence-corrected chi connectivity index (χ4v) is 8.53. The summed E-state index contributed by atoms with van der Waals surface area (Å²) >= 11 is 0. The van der Waals surface area contributed by atoms with Crippen molar-refractivity contribution in [2.24, 2.45) is 0 Å². The second kappa shape index (κ2) is 9.69. The molecule has 2 unspecified atom stereocenters. The number of nitrogen functional groups attached to an aromatic ring is 4. The van der Waals surface area contributed by atoms with Gasteiger partial charge in [0, 0.05) is 99.7 Å². The summed E-state index contributed by atoms with van der Waals surface area (Å²) in [6.07, 6.45) is -2.59. The molecular weight excluding hydrogens is 574 g/mol. The fourth-order valence-electron chi connectivity index (χ4n) is 8.53. The maximum Gasteiger partial charge on any atom is 0.0897 e. The lowest BCUT2D eigenvalue weighted by Gasteiger charge is -2.62. The van der Waals surface area contributed by atoms with Crippen molar-refractivity contribution in [2.45, 2.75) is 24.0 Å². The van der Waals surface area contributed by atoms with Gasteiger partial charge < -0.3 is 47.8 Å². The molecule has 6 aromatic rings. The van der Waals surface area contributed by atoms with Gasteiger partial charge in [0.05, 0.1) is 18.0 Å². The summed E-state index contributed by atoms with van der Waals surface area (Å²) in [7, 11) is 8.01. The minimum Gasteiger partial charge on any atom is -0.851 e. The lowest BCUT2D eigenvalue weighted by atomic mass is 9.60. The lowest BCUT2D eigenvalue weighted by molar-refractivity contribution is -0.535. The highest BCUT2D eigenvalue weighted by atomic mass is 16.3. The Kier molecular flexibility index (Phi) is 5.97. The van der Waals surface area contributed by atoms with Crippen LogP contribution in [0.5, 0.6) is 0 Å². The number of nitrogens with two attached hydrogens (primary N) is 4. The number of anilines is 7. The van der Waals surface area contributed by atoms with Crippen LogP contribution >= 0.6 is 0 Å². The van der Waals surface area contributed by atoms with E-state index in [1.807, 2.05) is 99.8 Å². The normalized spacial score (nSPS) is 21.0. The van der Waals surface area contributed by atoms with Gasteiger partial charge >= 0.3 is 0 Å². The van der Waals surface area contributed by atoms with Crippen molar-refractivity contribution in [2.75, 3.05) is 72.5 Å². The molecule has 234 valence electrons. The van der Waals surface area contributed by atoms with Crippen LogP contribution in [0.4, 0.5) is 39.8 Å². The van der Waals surface area contributed by atoms with Crippen LogP contribution < -0.4 is 47.8 Å². The van der Waals surface area contributed by atoms with Crippen molar-refractivity contribution in [1.82, 2.24) is 0 Å². The zero-order valence-corrected chi connectivity index (χ0v) is 26.3. The van der Waals surface area contributed by atoms with E-state index in [-0.39, 0.29) is 0 Å². The number of hydrogen-bond donors (Lipinski definition) is 4. The maximum absolute atomic E-state index is 14.9. The van der Waals surface area contributed by atoms with Crippen molar-refractivity contribution in [1.29, 1.82) is 0 Å². The monoisotopic (exact) mass is 611 g/mol. The average Bonchev–Trinajstić information content (AvgIpc) is 3.00. The van der Waals surface area contributed by atoms with Crippen molar-refractivity contribution in [3.63, 3.8) is 0 Å². The smallest absolute Gasteiger partial charge is 0.0897 e. The summed E-state index contributed by atoms with van der Waals surface area (Å²) in [6.45, 7) is 0.668. The molecule has 8 N–H and O–H groups in total. The molecular formula is C37H37N7O2-2. The number of benzene rings is 6. The molecule has 1 heterocycles. The van der Waals surface area contributed by atoms with Crippen LogP contribution in [0.15, 0.2) is 66.7 Å². The molecule has 0 spiro atoms. The van der Waals surface area contributed by atoms with Crippen molar-refractivity contribution in [3.05, 3.63) is 77.9 Å². The van der Waals surface area contributed by atoms with E-state index in [4.69, 9.17) is 22.9 Å². The molecule has 2 aliphatic rings. The predicted octanol–water partition coefficient (Wildman–Crippen LogP) is 3.88. The van der Waals surface area contributed by atoms with Crippen LogP contribution in [-0.2, 0) is 0 Å². The van der Waals surface area contributed by atoms with E-state index in [0.29, 0.717) is 51.3 Å². The van der Waals surface area contributed by atoms with E-state index in [1.54, 1.807) is 0 Å². The Morgan fingerprint density at radius 1 is 0.587 bits per heavy atom. The zero-order valence-electron chi connectivity index (χ0n) is 26.3. The van der Waals surface area contributed by atoms with Gasteiger partial charge in [-0.2, -0.15) is 0 Å². The molecule has 6 aromatic carbocycles. The van der Waals surface area contributed by atoms with Gasteiger partial charge in [0.25, 0.3) is 0 Å². The Morgan fingerprint density at radius 2 is 1.04 bits per heavy atom. The third kappa shape index (κ3) is 3.52. The molecule has 9 nitrogen and oxygen atoms in total. The second-order valence-corrected chi connectivity index (χ2v) is 13.2. The predicted molar refractivity (Wildman–Crippen MR) is 190 cm³/mol. The zero-order chi connectivity index (χ0) is 32.3. The molecule has 9 heteroatoms. The number of nitrogens with zero attached hydrogens (tertiary/aromatic N) is 3. The van der Waals surface area contributed by atoms with Gasteiger partial charge in [-0.15, -0.1) is 12.2 Å². The van der Waals surface area contributed by atoms with Crippen LogP contribution in [0.3, 0.4) is 0 Å². The number of hydrogen-bond acceptors (Lipinski definition) is 9. The Balaban J connectivity index is 1.44. The first-order chi connectivity index (χ1) is 22.0. The first kappa shape index (κ1) is 28.4. The van der Waals surface area contributed by atoms with Gasteiger partial charge in [-0.05, 0) is 53.3 Å². The number of fused-ring (bicyclic) bond motifs is 4. The Morgan fingerprint density at radius 3 is 1.57 bits per heavy atom. The average molecular weight is 612 g/mol. The van der Waals surface area contributed by atoms with E-state index >= 15 is 0 Å². The van der Waals surface area contributed by atoms with E-state index in [1.165, 1.54) is 0 Å². The quantitative estimate of drug-likeness (QED) is 0.172. The van der Waals surface area contributed by atoms with Crippen LogP contribution in [0, 0.1) is 0 Å². The third-order valence-corrected chi connectivity index (χ3v) is 10.3. The minimum absolute atomic E-state index is 0.509. The molecule has 2 atom stereocenters. The molecule has 8 rings (SSSR count). The van der Waals surface area contributed by atoms with Crippen LogP contribution in [-0.4, -0.2) is 47.1 Å². The van der Waals surface area contributed by atoms with Crippen molar-refractivity contribution < 1.29 is 10.2 Å². The highest BCUT2D eigenvalue weighted by Gasteiger charge is 2.43. The van der Waals surface area contributed by atoms with Crippen LogP contribution in [0.2, 0.25) is 0 Å². The standard InChI is InChI=1S/C37H37N7O2/c1-42(2)34-17-8-5-11-20(38)25(17)30(26-18(34)9-6-12-21(26)39)32-36(45)33(37(32)46)31-27-19(10-7-13-22(27)40)35-29-24(43(3)16-44(35)4)15-14-23(41)28(29)31/h5-15,32-33,36-37H,16,38-41H2,1-4H3/q-2. The Hall–Kier alpha value is -5.12. The second-order valence-electron chi connectivity index (χ2n) is 13.2. The first-order valence-electron chi connectivity index (χ1n) is 15.5. The third-order valence-electron chi connectivity index (χ3n) is 10.3. The molecule has 0 aromatic heterocycles. The summed E-state index contributed by atoms with van der Waals surface area (Å²) in [5, 5.41) is 36.3. The highest BCUT2D eigenvalue weighted by Crippen LogP contribution is 2.58. The molecule has 1 fully saturated rings. The van der Waals surface area contributed by atoms with Gasteiger partial charge in [0.15, 0.2) is 0 Å². The summed E-state index contributed by atoms with van der Waals surface area (Å²) in [6, 6.07) is 21.1. The topological polar surface area (TPSA) is 160 Å². The molecule has 0 bridgehead atoms. The SMILES string of the molecule is CN(C)c1c2cccc(N)c2c(C2C([O-])C(c3c4c(N)cccc4c4c5c(ccc(N)c35)N(C)CN4C)C2[O-])c2c(N)cccc12. The molecule has 0 radical (unpaired) electrons. The molecule has 46 heavy (non-hydrogen) atoms.